The molecule has 1 aromatic rings. The fourth-order valence-electron chi connectivity index (χ4n) is 2.37. The number of piperidine rings is 1. The second-order valence-corrected chi connectivity index (χ2v) is 5.64. The summed E-state index contributed by atoms with van der Waals surface area (Å²) in [5.41, 5.74) is 6.48. The Morgan fingerprint density at radius 2 is 1.95 bits per heavy atom. The standard InChI is InChI=1S/C14H19BrN2O3/c1-19-11-6-9(7-12(20-2)13(11)15)14(18)17-5-3-4-10(16)8-17/h6-7,10H,3-5,8,16H2,1-2H3. The highest BCUT2D eigenvalue weighted by molar-refractivity contribution is 9.10. The third-order valence-corrected chi connectivity index (χ3v) is 4.22. The average molecular weight is 343 g/mol. The first-order valence-corrected chi connectivity index (χ1v) is 7.32. The molecule has 1 aromatic carbocycles. The van der Waals surface area contributed by atoms with Crippen LogP contribution in [0.1, 0.15) is 23.2 Å². The van der Waals surface area contributed by atoms with Crippen molar-refractivity contribution in [2.24, 2.45) is 5.73 Å². The van der Waals surface area contributed by atoms with Crippen LogP contribution in [0.4, 0.5) is 0 Å². The molecule has 0 saturated carbocycles. The van der Waals surface area contributed by atoms with Gasteiger partial charge in [-0.3, -0.25) is 4.79 Å². The summed E-state index contributed by atoms with van der Waals surface area (Å²) in [6.07, 6.45) is 1.91. The van der Waals surface area contributed by atoms with Gasteiger partial charge < -0.3 is 20.1 Å². The Kier molecular flexibility index (Phi) is 4.88. The van der Waals surface area contributed by atoms with E-state index >= 15 is 0 Å². The molecule has 0 aromatic heterocycles. The highest BCUT2D eigenvalue weighted by Gasteiger charge is 2.24. The summed E-state index contributed by atoms with van der Waals surface area (Å²) >= 11 is 3.40. The maximum Gasteiger partial charge on any atom is 0.254 e. The number of methoxy groups -OCH3 is 2. The van der Waals surface area contributed by atoms with Gasteiger partial charge >= 0.3 is 0 Å². The molecule has 1 atom stereocenters. The maximum absolute atomic E-state index is 12.5. The number of amides is 1. The van der Waals surface area contributed by atoms with Crippen molar-refractivity contribution >= 4 is 21.8 Å². The van der Waals surface area contributed by atoms with E-state index in [0.29, 0.717) is 28.1 Å². The van der Waals surface area contributed by atoms with E-state index in [4.69, 9.17) is 15.2 Å². The highest BCUT2D eigenvalue weighted by atomic mass is 79.9. The van der Waals surface area contributed by atoms with Crippen LogP contribution >= 0.6 is 15.9 Å². The molecule has 110 valence electrons. The summed E-state index contributed by atoms with van der Waals surface area (Å²) in [7, 11) is 3.12. The van der Waals surface area contributed by atoms with E-state index in [1.165, 1.54) is 0 Å². The molecule has 2 rings (SSSR count). The monoisotopic (exact) mass is 342 g/mol. The number of nitrogens with zero attached hydrogens (tertiary/aromatic N) is 1. The summed E-state index contributed by atoms with van der Waals surface area (Å²) in [5, 5.41) is 0. The Morgan fingerprint density at radius 1 is 1.35 bits per heavy atom. The summed E-state index contributed by atoms with van der Waals surface area (Å²) < 4.78 is 11.2. The molecule has 0 bridgehead atoms. The lowest BCUT2D eigenvalue weighted by molar-refractivity contribution is 0.0708. The molecule has 1 aliphatic rings. The van der Waals surface area contributed by atoms with E-state index in [1.54, 1.807) is 31.3 Å². The Balaban J connectivity index is 2.29. The molecule has 1 fully saturated rings. The van der Waals surface area contributed by atoms with E-state index in [0.717, 1.165) is 19.4 Å². The predicted molar refractivity (Wildman–Crippen MR) is 80.4 cm³/mol. The summed E-state index contributed by atoms with van der Waals surface area (Å²) in [6.45, 7) is 1.34. The van der Waals surface area contributed by atoms with Crippen LogP contribution in [0.3, 0.4) is 0 Å². The van der Waals surface area contributed by atoms with Crippen molar-refractivity contribution < 1.29 is 14.3 Å². The minimum Gasteiger partial charge on any atom is -0.495 e. The number of nitrogens with two attached hydrogens (primary N) is 1. The van der Waals surface area contributed by atoms with E-state index in [-0.39, 0.29) is 11.9 Å². The number of rotatable bonds is 3. The molecule has 0 aliphatic carbocycles. The minimum atomic E-state index is -0.0377. The summed E-state index contributed by atoms with van der Waals surface area (Å²) in [6, 6.07) is 3.50. The molecule has 0 radical (unpaired) electrons. The van der Waals surface area contributed by atoms with Gasteiger partial charge in [0.15, 0.2) is 0 Å². The van der Waals surface area contributed by atoms with Gasteiger partial charge in [-0.05, 0) is 40.9 Å². The number of hydrogen-bond acceptors (Lipinski definition) is 4. The van der Waals surface area contributed by atoms with Crippen LogP contribution in [0.25, 0.3) is 0 Å². The van der Waals surface area contributed by atoms with Crippen molar-refractivity contribution in [2.75, 3.05) is 27.3 Å². The first-order valence-electron chi connectivity index (χ1n) is 6.53. The fraction of sp³-hybridized carbons (Fsp3) is 0.500. The average Bonchev–Trinajstić information content (AvgIpc) is 2.46. The number of carbonyl (C=O) groups is 1. The van der Waals surface area contributed by atoms with Gasteiger partial charge in [0, 0.05) is 24.7 Å². The van der Waals surface area contributed by atoms with Crippen LogP contribution in [0.2, 0.25) is 0 Å². The molecular weight excluding hydrogens is 324 g/mol. The number of likely N-dealkylation sites (tertiary alicyclic amines) is 1. The van der Waals surface area contributed by atoms with Crippen molar-refractivity contribution in [1.29, 1.82) is 0 Å². The van der Waals surface area contributed by atoms with Crippen molar-refractivity contribution in [3.63, 3.8) is 0 Å². The van der Waals surface area contributed by atoms with Gasteiger partial charge in [-0.25, -0.2) is 0 Å². The smallest absolute Gasteiger partial charge is 0.254 e. The lowest BCUT2D eigenvalue weighted by Crippen LogP contribution is -2.45. The number of benzene rings is 1. The predicted octanol–water partition coefficient (Wildman–Crippen LogP) is 2.03. The highest BCUT2D eigenvalue weighted by Crippen LogP contribution is 2.36. The Hall–Kier alpha value is -1.27. The van der Waals surface area contributed by atoms with Gasteiger partial charge in [0.2, 0.25) is 0 Å². The van der Waals surface area contributed by atoms with Crippen molar-refractivity contribution in [3.8, 4) is 11.5 Å². The molecule has 2 N–H and O–H groups in total. The molecule has 1 amide bonds. The number of halogens is 1. The van der Waals surface area contributed by atoms with Crippen LogP contribution in [-0.2, 0) is 0 Å². The van der Waals surface area contributed by atoms with E-state index in [9.17, 15) is 4.79 Å². The molecule has 1 heterocycles. The van der Waals surface area contributed by atoms with Gasteiger partial charge in [-0.2, -0.15) is 0 Å². The zero-order valence-electron chi connectivity index (χ0n) is 11.7. The van der Waals surface area contributed by atoms with Gasteiger partial charge in [-0.1, -0.05) is 0 Å². The fourth-order valence-corrected chi connectivity index (χ4v) is 2.92. The SMILES string of the molecule is COc1cc(C(=O)N2CCCC(N)C2)cc(OC)c1Br. The van der Waals surface area contributed by atoms with Crippen LogP contribution in [0, 0.1) is 0 Å². The van der Waals surface area contributed by atoms with Crippen molar-refractivity contribution in [1.82, 2.24) is 4.90 Å². The van der Waals surface area contributed by atoms with E-state index in [1.807, 2.05) is 0 Å². The molecule has 5 nitrogen and oxygen atoms in total. The second kappa shape index (κ2) is 6.45. The van der Waals surface area contributed by atoms with Crippen LogP contribution < -0.4 is 15.2 Å². The van der Waals surface area contributed by atoms with E-state index in [2.05, 4.69) is 15.9 Å². The zero-order valence-corrected chi connectivity index (χ0v) is 13.3. The second-order valence-electron chi connectivity index (χ2n) is 4.85. The topological polar surface area (TPSA) is 64.8 Å². The van der Waals surface area contributed by atoms with Crippen LogP contribution in [0.5, 0.6) is 11.5 Å². The molecule has 6 heteroatoms. The molecular formula is C14H19BrN2O3. The van der Waals surface area contributed by atoms with Crippen molar-refractivity contribution in [2.45, 2.75) is 18.9 Å². The number of carbonyl (C=O) groups excluding carboxylic acids is 1. The number of hydrogen-bond donors (Lipinski definition) is 1. The third kappa shape index (κ3) is 3.07. The molecule has 1 unspecified atom stereocenters. The first kappa shape index (κ1) is 15.1. The Labute approximate surface area is 127 Å². The quantitative estimate of drug-likeness (QED) is 0.912. The zero-order chi connectivity index (χ0) is 14.7. The van der Waals surface area contributed by atoms with E-state index < -0.39 is 0 Å². The normalized spacial score (nSPS) is 18.8. The van der Waals surface area contributed by atoms with Gasteiger partial charge in [0.1, 0.15) is 16.0 Å². The first-order chi connectivity index (χ1) is 9.56. The molecule has 20 heavy (non-hydrogen) atoms. The van der Waals surface area contributed by atoms with Gasteiger partial charge in [0.25, 0.3) is 5.91 Å². The maximum atomic E-state index is 12.5. The molecule has 0 spiro atoms. The van der Waals surface area contributed by atoms with Crippen molar-refractivity contribution in [3.05, 3.63) is 22.2 Å². The van der Waals surface area contributed by atoms with Gasteiger partial charge in [0.05, 0.1) is 14.2 Å². The molecule has 1 saturated heterocycles. The summed E-state index contributed by atoms with van der Waals surface area (Å²) in [4.78, 5) is 14.3. The lowest BCUT2D eigenvalue weighted by Gasteiger charge is -2.31. The van der Waals surface area contributed by atoms with Crippen LogP contribution in [-0.4, -0.2) is 44.2 Å². The Morgan fingerprint density at radius 3 is 2.45 bits per heavy atom. The Bertz CT molecular complexity index is 482. The van der Waals surface area contributed by atoms with Gasteiger partial charge in [-0.15, -0.1) is 0 Å². The molecule has 1 aliphatic heterocycles. The van der Waals surface area contributed by atoms with Crippen LogP contribution in [0.15, 0.2) is 16.6 Å². The largest absolute Gasteiger partial charge is 0.495 e. The lowest BCUT2D eigenvalue weighted by atomic mass is 10.1. The third-order valence-electron chi connectivity index (χ3n) is 3.44. The summed E-state index contributed by atoms with van der Waals surface area (Å²) in [5.74, 6) is 1.12. The number of ether oxygens (including phenoxy) is 2. The minimum absolute atomic E-state index is 0.0377.